The molecule has 1 heteroatoms. The zero-order valence-corrected chi connectivity index (χ0v) is 5.98. The van der Waals surface area contributed by atoms with E-state index >= 15 is 0 Å². The third-order valence-corrected chi connectivity index (χ3v) is 1.97. The maximum atomic E-state index is 9.06. The second-order valence-electron chi connectivity index (χ2n) is 2.75. The quantitative estimate of drug-likeness (QED) is 0.495. The van der Waals surface area contributed by atoms with Crippen LogP contribution in [0.3, 0.4) is 0 Å². The zero-order valence-electron chi connectivity index (χ0n) is 5.98. The van der Waals surface area contributed by atoms with Crippen LogP contribution in [0, 0.1) is 0 Å². The molecule has 0 saturated heterocycles. The first-order chi connectivity index (χ1) is 4.30. The Balaban J connectivity index is 2.49. The van der Waals surface area contributed by atoms with Gasteiger partial charge in [-0.2, -0.15) is 0 Å². The van der Waals surface area contributed by atoms with E-state index in [2.05, 4.69) is 0 Å². The Labute approximate surface area is 56.4 Å². The van der Waals surface area contributed by atoms with Crippen molar-refractivity contribution in [3.8, 4) is 0 Å². The first-order valence-electron chi connectivity index (χ1n) is 3.68. The second kappa shape index (κ2) is 2.90. The molecule has 52 valence electrons. The summed E-state index contributed by atoms with van der Waals surface area (Å²) in [5.74, 6) is 0.565. The van der Waals surface area contributed by atoms with Crippen molar-refractivity contribution in [1.29, 1.82) is 0 Å². The number of aliphatic hydroxyl groups excluding tert-OH is 1. The van der Waals surface area contributed by atoms with Gasteiger partial charge in [0.25, 0.3) is 0 Å². The summed E-state index contributed by atoms with van der Waals surface area (Å²) >= 11 is 0. The largest absolute Gasteiger partial charge is 0.513 e. The lowest BCUT2D eigenvalue weighted by molar-refractivity contribution is 0.393. The Bertz CT molecular complexity index is 113. The van der Waals surface area contributed by atoms with Gasteiger partial charge in [-0.05, 0) is 38.2 Å². The fraction of sp³-hybridized carbons (Fsp3) is 0.750. The Morgan fingerprint density at radius 3 is 2.11 bits per heavy atom. The third-order valence-electron chi connectivity index (χ3n) is 1.97. The summed E-state index contributed by atoms with van der Waals surface area (Å²) in [5.41, 5.74) is 1.28. The molecule has 1 fully saturated rings. The molecule has 0 unspecified atom stereocenters. The molecule has 0 amide bonds. The SMILES string of the molecule is CC(O)=C1CCCCC1. The van der Waals surface area contributed by atoms with Gasteiger partial charge in [-0.1, -0.05) is 6.42 Å². The minimum absolute atomic E-state index is 0.565. The van der Waals surface area contributed by atoms with Gasteiger partial charge in [0.1, 0.15) is 0 Å². The molecule has 0 atom stereocenters. The molecule has 1 nitrogen and oxygen atoms in total. The fourth-order valence-electron chi connectivity index (χ4n) is 1.34. The molecule has 1 aliphatic rings. The average Bonchev–Trinajstić information content (AvgIpc) is 1.90. The topological polar surface area (TPSA) is 20.2 Å². The number of hydrogen-bond donors (Lipinski definition) is 1. The van der Waals surface area contributed by atoms with Gasteiger partial charge in [-0.3, -0.25) is 0 Å². The maximum absolute atomic E-state index is 9.06. The minimum Gasteiger partial charge on any atom is -0.513 e. The summed E-state index contributed by atoms with van der Waals surface area (Å²) in [6, 6.07) is 0. The molecule has 0 bridgehead atoms. The van der Waals surface area contributed by atoms with Crippen LogP contribution in [0.4, 0.5) is 0 Å². The van der Waals surface area contributed by atoms with Gasteiger partial charge in [0.15, 0.2) is 0 Å². The highest BCUT2D eigenvalue weighted by molar-refractivity contribution is 5.06. The van der Waals surface area contributed by atoms with E-state index in [4.69, 9.17) is 5.11 Å². The predicted octanol–water partition coefficient (Wildman–Crippen LogP) is 2.78. The van der Waals surface area contributed by atoms with Crippen LogP contribution in [0.2, 0.25) is 0 Å². The van der Waals surface area contributed by atoms with Crippen molar-refractivity contribution in [3.63, 3.8) is 0 Å². The molecule has 0 spiro atoms. The van der Waals surface area contributed by atoms with Crippen LogP contribution in [0.5, 0.6) is 0 Å². The normalized spacial score (nSPS) is 19.9. The Morgan fingerprint density at radius 2 is 1.78 bits per heavy atom. The molecule has 0 aromatic heterocycles. The molecule has 0 aliphatic heterocycles. The van der Waals surface area contributed by atoms with Crippen LogP contribution >= 0.6 is 0 Å². The predicted molar refractivity (Wildman–Crippen MR) is 38.4 cm³/mol. The molecule has 1 aliphatic carbocycles. The van der Waals surface area contributed by atoms with E-state index in [1.54, 1.807) is 6.92 Å². The summed E-state index contributed by atoms with van der Waals surface area (Å²) in [7, 11) is 0. The van der Waals surface area contributed by atoms with Crippen molar-refractivity contribution >= 4 is 0 Å². The van der Waals surface area contributed by atoms with Gasteiger partial charge in [-0.15, -0.1) is 0 Å². The summed E-state index contributed by atoms with van der Waals surface area (Å²) in [6.45, 7) is 1.79. The van der Waals surface area contributed by atoms with Gasteiger partial charge < -0.3 is 5.11 Å². The molecule has 1 rings (SSSR count). The van der Waals surface area contributed by atoms with Crippen LogP contribution in [-0.2, 0) is 0 Å². The van der Waals surface area contributed by atoms with Gasteiger partial charge in [0.2, 0.25) is 0 Å². The van der Waals surface area contributed by atoms with Crippen molar-refractivity contribution < 1.29 is 5.11 Å². The maximum Gasteiger partial charge on any atom is 0.0883 e. The van der Waals surface area contributed by atoms with Crippen LogP contribution in [-0.4, -0.2) is 5.11 Å². The first kappa shape index (κ1) is 6.66. The summed E-state index contributed by atoms with van der Waals surface area (Å²) in [4.78, 5) is 0. The van der Waals surface area contributed by atoms with Crippen LogP contribution in [0.25, 0.3) is 0 Å². The van der Waals surface area contributed by atoms with Crippen molar-refractivity contribution in [2.45, 2.75) is 39.0 Å². The van der Waals surface area contributed by atoms with Gasteiger partial charge >= 0.3 is 0 Å². The monoisotopic (exact) mass is 126 g/mol. The Kier molecular flexibility index (Phi) is 2.15. The lowest BCUT2D eigenvalue weighted by atomic mass is 9.94. The lowest BCUT2D eigenvalue weighted by Crippen LogP contribution is -1.95. The summed E-state index contributed by atoms with van der Waals surface area (Å²) < 4.78 is 0. The van der Waals surface area contributed by atoms with E-state index < -0.39 is 0 Å². The highest BCUT2D eigenvalue weighted by atomic mass is 16.3. The van der Waals surface area contributed by atoms with E-state index in [1.165, 1.54) is 24.8 Å². The van der Waals surface area contributed by atoms with Crippen molar-refractivity contribution in [3.05, 3.63) is 11.3 Å². The Hall–Kier alpha value is -0.460. The molecule has 1 saturated carbocycles. The smallest absolute Gasteiger partial charge is 0.0883 e. The van der Waals surface area contributed by atoms with Gasteiger partial charge in [0.05, 0.1) is 5.76 Å². The molecular formula is C8H14O. The average molecular weight is 126 g/mol. The molecule has 1 N–H and O–H groups in total. The second-order valence-corrected chi connectivity index (χ2v) is 2.75. The molecule has 9 heavy (non-hydrogen) atoms. The van der Waals surface area contributed by atoms with E-state index in [0.29, 0.717) is 5.76 Å². The minimum atomic E-state index is 0.565. The van der Waals surface area contributed by atoms with E-state index in [1.807, 2.05) is 0 Å². The van der Waals surface area contributed by atoms with E-state index in [0.717, 1.165) is 12.8 Å². The summed E-state index contributed by atoms with van der Waals surface area (Å²) in [5, 5.41) is 9.06. The third kappa shape index (κ3) is 1.74. The zero-order chi connectivity index (χ0) is 6.69. The fourth-order valence-corrected chi connectivity index (χ4v) is 1.34. The molecule has 0 aromatic rings. The van der Waals surface area contributed by atoms with Crippen molar-refractivity contribution in [1.82, 2.24) is 0 Å². The standard InChI is InChI=1S/C8H14O/c1-7(9)8-5-3-2-4-6-8/h9H,2-6H2,1H3. The molecule has 0 aromatic carbocycles. The Morgan fingerprint density at radius 1 is 1.22 bits per heavy atom. The summed E-state index contributed by atoms with van der Waals surface area (Å²) in [6.07, 6.45) is 6.14. The number of hydrogen-bond acceptors (Lipinski definition) is 1. The van der Waals surface area contributed by atoms with Gasteiger partial charge in [0, 0.05) is 0 Å². The van der Waals surface area contributed by atoms with E-state index in [9.17, 15) is 0 Å². The lowest BCUT2D eigenvalue weighted by Gasteiger charge is -2.13. The molecule has 0 heterocycles. The highest BCUT2D eigenvalue weighted by Crippen LogP contribution is 2.24. The number of rotatable bonds is 0. The van der Waals surface area contributed by atoms with Gasteiger partial charge in [-0.25, -0.2) is 0 Å². The van der Waals surface area contributed by atoms with Crippen LogP contribution in [0.1, 0.15) is 39.0 Å². The van der Waals surface area contributed by atoms with Crippen molar-refractivity contribution in [2.24, 2.45) is 0 Å². The van der Waals surface area contributed by atoms with Crippen LogP contribution in [0.15, 0.2) is 11.3 Å². The highest BCUT2D eigenvalue weighted by Gasteiger charge is 2.06. The first-order valence-corrected chi connectivity index (χ1v) is 3.68. The van der Waals surface area contributed by atoms with Crippen LogP contribution < -0.4 is 0 Å². The molecular weight excluding hydrogens is 112 g/mol. The number of aliphatic hydroxyl groups is 1. The van der Waals surface area contributed by atoms with Crippen molar-refractivity contribution in [2.75, 3.05) is 0 Å². The van der Waals surface area contributed by atoms with E-state index in [-0.39, 0.29) is 0 Å². The number of allylic oxidation sites excluding steroid dienone is 2. The molecule has 0 radical (unpaired) electrons.